The number of carbonyl (C=O) groups is 1. The Kier molecular flexibility index (Phi) is 13.7. The molecule has 0 atom stereocenters. The van der Waals surface area contributed by atoms with Gasteiger partial charge in [-0.05, 0) is 65.9 Å². The maximum Gasteiger partial charge on any atom is 0.336 e. The van der Waals surface area contributed by atoms with Gasteiger partial charge in [-0.25, -0.2) is 13.6 Å². The second-order valence-corrected chi connectivity index (χ2v) is 10.7. The lowest BCUT2D eigenvalue weighted by molar-refractivity contribution is 0.0697. The number of hydrogen-bond donors (Lipinski definition) is 1. The van der Waals surface area contributed by atoms with Crippen molar-refractivity contribution in [1.82, 2.24) is 0 Å². The lowest BCUT2D eigenvalue weighted by atomic mass is 9.94. The van der Waals surface area contributed by atoms with E-state index in [9.17, 15) is 18.7 Å². The molecule has 3 aromatic rings. The number of aromatic carboxylic acids is 1. The molecular weight excluding hydrogens is 541 g/mol. The monoisotopic (exact) mass is 584 g/mol. The van der Waals surface area contributed by atoms with Crippen LogP contribution in [-0.4, -0.2) is 24.3 Å². The van der Waals surface area contributed by atoms with E-state index in [2.05, 4.69) is 13.8 Å². The number of hydrogen-bond acceptors (Lipinski definition) is 3. The maximum absolute atomic E-state index is 15.3. The fraction of sp³-hybridized carbons (Fsp3) is 0.457. The van der Waals surface area contributed by atoms with Crippen molar-refractivity contribution in [1.29, 1.82) is 0 Å². The fourth-order valence-electron chi connectivity index (χ4n) is 4.91. The van der Waals surface area contributed by atoms with E-state index in [1.54, 1.807) is 6.07 Å². The SMILES string of the molecule is CCCCCCCCCOc1ccc(-c2cc(-c3ccc(OCCCCCCC)c(F)c3)ccc2C(=O)O)c(F)c1F. The Labute approximate surface area is 247 Å². The van der Waals surface area contributed by atoms with Crippen LogP contribution in [0.4, 0.5) is 13.2 Å². The van der Waals surface area contributed by atoms with Gasteiger partial charge in [0.05, 0.1) is 18.8 Å². The van der Waals surface area contributed by atoms with Crippen molar-refractivity contribution in [3.05, 3.63) is 71.5 Å². The summed E-state index contributed by atoms with van der Waals surface area (Å²) in [4.78, 5) is 12.0. The van der Waals surface area contributed by atoms with Gasteiger partial charge in [-0.15, -0.1) is 0 Å². The van der Waals surface area contributed by atoms with E-state index in [1.165, 1.54) is 68.1 Å². The molecule has 0 aromatic heterocycles. The Balaban J connectivity index is 1.74. The van der Waals surface area contributed by atoms with Crippen LogP contribution in [0.15, 0.2) is 48.5 Å². The summed E-state index contributed by atoms with van der Waals surface area (Å²) in [5.74, 6) is -4.27. The Bertz CT molecular complexity index is 1290. The third kappa shape index (κ3) is 9.53. The molecule has 4 nitrogen and oxygen atoms in total. The summed E-state index contributed by atoms with van der Waals surface area (Å²) in [6.45, 7) is 4.99. The molecule has 0 amide bonds. The normalized spacial score (nSPS) is 11.1. The zero-order valence-electron chi connectivity index (χ0n) is 24.8. The van der Waals surface area contributed by atoms with Crippen molar-refractivity contribution in [2.45, 2.75) is 90.9 Å². The van der Waals surface area contributed by atoms with Gasteiger partial charge in [0.15, 0.2) is 23.1 Å². The van der Waals surface area contributed by atoms with Gasteiger partial charge < -0.3 is 14.6 Å². The highest BCUT2D eigenvalue weighted by molar-refractivity contribution is 5.97. The summed E-state index contributed by atoms with van der Waals surface area (Å²) in [5, 5.41) is 9.75. The second-order valence-electron chi connectivity index (χ2n) is 10.7. The van der Waals surface area contributed by atoms with Gasteiger partial charge >= 0.3 is 5.97 Å². The van der Waals surface area contributed by atoms with E-state index < -0.39 is 23.4 Å². The molecule has 0 saturated heterocycles. The second kappa shape index (κ2) is 17.5. The minimum Gasteiger partial charge on any atom is -0.491 e. The molecular formula is C35H43F3O4. The minimum atomic E-state index is -1.29. The van der Waals surface area contributed by atoms with Gasteiger partial charge in [0, 0.05) is 5.56 Å². The lowest BCUT2D eigenvalue weighted by Crippen LogP contribution is -2.04. The van der Waals surface area contributed by atoms with Crippen LogP contribution >= 0.6 is 0 Å². The topological polar surface area (TPSA) is 55.8 Å². The van der Waals surface area contributed by atoms with Gasteiger partial charge in [0.1, 0.15) is 0 Å². The number of carboxylic acids is 1. The quantitative estimate of drug-likeness (QED) is 0.142. The summed E-state index contributed by atoms with van der Waals surface area (Å²) in [5.41, 5.74) is 0.495. The van der Waals surface area contributed by atoms with Crippen LogP contribution in [0.1, 0.15) is 101 Å². The highest BCUT2D eigenvalue weighted by atomic mass is 19.2. The molecule has 0 unspecified atom stereocenters. The van der Waals surface area contributed by atoms with Crippen LogP contribution in [0.3, 0.4) is 0 Å². The summed E-state index contributed by atoms with van der Waals surface area (Å²) >= 11 is 0. The number of unbranched alkanes of at least 4 members (excludes halogenated alkanes) is 10. The molecule has 0 heterocycles. The van der Waals surface area contributed by atoms with E-state index in [0.717, 1.165) is 51.4 Å². The van der Waals surface area contributed by atoms with Crippen molar-refractivity contribution in [3.63, 3.8) is 0 Å². The number of carboxylic acid groups (broad SMARTS) is 1. The molecule has 3 aromatic carbocycles. The van der Waals surface area contributed by atoms with Gasteiger partial charge in [0.2, 0.25) is 5.82 Å². The fourth-order valence-corrected chi connectivity index (χ4v) is 4.91. The number of halogens is 3. The number of ether oxygens (including phenoxy) is 2. The first kappa shape index (κ1) is 33.0. The summed E-state index contributed by atoms with van der Waals surface area (Å²) in [6.07, 6.45) is 12.8. The molecule has 0 fully saturated rings. The molecule has 3 rings (SSSR count). The summed E-state index contributed by atoms with van der Waals surface area (Å²) in [6, 6.07) is 11.4. The standard InChI is InChI=1S/C35H43F3O4/c1-3-5-7-9-10-12-14-22-42-32-20-18-27(33(37)34(32)38)29-23-25(15-17-28(29)35(39)40)26-16-19-31(30(36)24-26)41-21-13-11-8-6-4-2/h15-20,23-24H,3-14,21-22H2,1-2H3,(H,39,40). The van der Waals surface area contributed by atoms with E-state index in [4.69, 9.17) is 9.47 Å². The Morgan fingerprint density at radius 1 is 0.619 bits per heavy atom. The van der Waals surface area contributed by atoms with Gasteiger partial charge in [-0.2, -0.15) is 4.39 Å². The van der Waals surface area contributed by atoms with E-state index >= 15 is 4.39 Å². The molecule has 7 heteroatoms. The molecule has 1 N–H and O–H groups in total. The first-order valence-electron chi connectivity index (χ1n) is 15.3. The van der Waals surface area contributed by atoms with Crippen LogP contribution in [0.5, 0.6) is 11.5 Å². The molecule has 0 saturated carbocycles. The van der Waals surface area contributed by atoms with Crippen LogP contribution in [-0.2, 0) is 0 Å². The predicted molar refractivity (Wildman–Crippen MR) is 162 cm³/mol. The van der Waals surface area contributed by atoms with Crippen molar-refractivity contribution in [2.24, 2.45) is 0 Å². The first-order chi connectivity index (χ1) is 20.4. The predicted octanol–water partition coefficient (Wildman–Crippen LogP) is 10.6. The van der Waals surface area contributed by atoms with Gasteiger partial charge in [-0.3, -0.25) is 0 Å². The third-order valence-electron chi connectivity index (χ3n) is 7.36. The van der Waals surface area contributed by atoms with E-state index in [1.807, 2.05) is 0 Å². The molecule has 0 radical (unpaired) electrons. The van der Waals surface area contributed by atoms with Crippen LogP contribution in [0.25, 0.3) is 22.3 Å². The molecule has 228 valence electrons. The Hall–Kier alpha value is -3.48. The average molecular weight is 585 g/mol. The number of benzene rings is 3. The smallest absolute Gasteiger partial charge is 0.336 e. The molecule has 0 bridgehead atoms. The Morgan fingerprint density at radius 2 is 1.14 bits per heavy atom. The highest BCUT2D eigenvalue weighted by Gasteiger charge is 2.21. The first-order valence-corrected chi connectivity index (χ1v) is 15.3. The molecule has 0 aliphatic heterocycles. The van der Waals surface area contributed by atoms with Crippen LogP contribution in [0.2, 0.25) is 0 Å². The van der Waals surface area contributed by atoms with Gasteiger partial charge in [0.25, 0.3) is 0 Å². The van der Waals surface area contributed by atoms with E-state index in [-0.39, 0.29) is 34.8 Å². The zero-order valence-corrected chi connectivity index (χ0v) is 24.8. The molecule has 42 heavy (non-hydrogen) atoms. The van der Waals surface area contributed by atoms with Crippen molar-refractivity contribution in [2.75, 3.05) is 13.2 Å². The third-order valence-corrected chi connectivity index (χ3v) is 7.36. The van der Waals surface area contributed by atoms with Crippen LogP contribution < -0.4 is 9.47 Å². The van der Waals surface area contributed by atoms with Crippen molar-refractivity contribution in [3.8, 4) is 33.8 Å². The van der Waals surface area contributed by atoms with Crippen LogP contribution in [0, 0.1) is 17.5 Å². The van der Waals surface area contributed by atoms with Crippen molar-refractivity contribution >= 4 is 5.97 Å². The van der Waals surface area contributed by atoms with Crippen molar-refractivity contribution < 1.29 is 32.5 Å². The maximum atomic E-state index is 15.3. The average Bonchev–Trinajstić information content (AvgIpc) is 2.98. The molecule has 0 aliphatic rings. The minimum absolute atomic E-state index is 0.0113. The summed E-state index contributed by atoms with van der Waals surface area (Å²) in [7, 11) is 0. The highest BCUT2D eigenvalue weighted by Crippen LogP contribution is 2.35. The Morgan fingerprint density at radius 3 is 1.74 bits per heavy atom. The molecule has 0 aliphatic carbocycles. The largest absolute Gasteiger partial charge is 0.491 e. The summed E-state index contributed by atoms with van der Waals surface area (Å²) < 4.78 is 56.2. The van der Waals surface area contributed by atoms with Gasteiger partial charge in [-0.1, -0.05) is 90.2 Å². The zero-order chi connectivity index (χ0) is 30.3. The van der Waals surface area contributed by atoms with E-state index in [0.29, 0.717) is 17.7 Å². The number of rotatable bonds is 19. The lowest BCUT2D eigenvalue weighted by Gasteiger charge is -2.14. The molecule has 0 spiro atoms.